The molecule has 14 heteroatoms. The number of ketones is 1. The van der Waals surface area contributed by atoms with Crippen LogP contribution in [0.1, 0.15) is 15.9 Å². The van der Waals surface area contributed by atoms with Crippen molar-refractivity contribution in [1.82, 2.24) is 4.98 Å². The summed E-state index contributed by atoms with van der Waals surface area (Å²) in [7, 11) is 0. The number of carbonyl (C=O) groups is 3. The van der Waals surface area contributed by atoms with Crippen molar-refractivity contribution >= 4 is 34.9 Å². The maximum Gasteiger partial charge on any atom is 0.573 e. The second kappa shape index (κ2) is 10.5. The van der Waals surface area contributed by atoms with Gasteiger partial charge in [0.15, 0.2) is 0 Å². The average Bonchev–Trinajstić information content (AvgIpc) is 3.03. The first-order valence-corrected chi connectivity index (χ1v) is 10.3. The fraction of sp³-hybridized carbons (Fsp3) is 0.130. The first-order valence-electron chi connectivity index (χ1n) is 9.92. The Morgan fingerprint density at radius 1 is 0.946 bits per heavy atom. The number of pyridine rings is 1. The first-order chi connectivity index (χ1) is 17.2. The van der Waals surface area contributed by atoms with E-state index in [1.807, 2.05) is 18.2 Å². The van der Waals surface area contributed by atoms with Crippen LogP contribution in [0.2, 0.25) is 5.15 Å². The Bertz CT molecular complexity index is 1330. The number of ether oxygens (including phenoxy) is 1. The van der Waals surface area contributed by atoms with Gasteiger partial charge in [-0.25, -0.2) is 9.78 Å². The van der Waals surface area contributed by atoms with Crippen LogP contribution in [0, 0.1) is 0 Å². The molecular weight excluding hydrogens is 534 g/mol. The van der Waals surface area contributed by atoms with Crippen LogP contribution in [-0.2, 0) is 16.1 Å². The van der Waals surface area contributed by atoms with E-state index in [4.69, 9.17) is 21.5 Å². The Hall–Kier alpha value is -4.13. The summed E-state index contributed by atoms with van der Waals surface area (Å²) in [5.41, 5.74) is 2.61. The number of aliphatic carboxylic acids is 1. The quantitative estimate of drug-likeness (QED) is 0.258. The van der Waals surface area contributed by atoms with Crippen LogP contribution in [0.4, 0.5) is 32.0 Å². The first kappa shape index (κ1) is 27.5. The molecule has 1 amide bonds. The molecule has 0 fully saturated rings. The minimum atomic E-state index is -5.08. The maximum absolute atomic E-state index is 12.4. The number of amides is 1. The van der Waals surface area contributed by atoms with Crippen LogP contribution in [-0.4, -0.2) is 40.3 Å². The second-order valence-electron chi connectivity index (χ2n) is 7.32. The standard InChI is InChI=1S/C21H12ClF3N2O3.C2HF3O2/c22-18-8-5-14(10-26-18)13-3-1-12(2-4-13)11-27-17-7-6-15(30-21(23,24)25)9-16(17)19(28)20(27)29;3-2(4,5)1(6)7/h1-10H,11H2;(H,6,7). The lowest BCUT2D eigenvalue weighted by Crippen LogP contribution is -2.29. The third kappa shape index (κ3) is 6.97. The van der Waals surface area contributed by atoms with E-state index in [1.165, 1.54) is 11.0 Å². The molecule has 2 aromatic carbocycles. The lowest BCUT2D eigenvalue weighted by Gasteiger charge is -2.17. The van der Waals surface area contributed by atoms with Gasteiger partial charge < -0.3 is 14.7 Å². The molecule has 1 aliphatic rings. The van der Waals surface area contributed by atoms with Crippen molar-refractivity contribution in [3.05, 3.63) is 77.1 Å². The van der Waals surface area contributed by atoms with Crippen LogP contribution >= 0.6 is 11.6 Å². The van der Waals surface area contributed by atoms with Crippen molar-refractivity contribution in [3.63, 3.8) is 0 Å². The summed E-state index contributed by atoms with van der Waals surface area (Å²) in [4.78, 5) is 38.8. The number of aromatic nitrogens is 1. The summed E-state index contributed by atoms with van der Waals surface area (Å²) in [5, 5.41) is 7.51. The van der Waals surface area contributed by atoms with Crippen LogP contribution in [0.5, 0.6) is 5.75 Å². The molecule has 7 nitrogen and oxygen atoms in total. The number of alkyl halides is 6. The third-order valence-electron chi connectivity index (χ3n) is 4.77. The highest BCUT2D eigenvalue weighted by Crippen LogP contribution is 2.35. The molecule has 0 unspecified atom stereocenters. The molecule has 1 N–H and O–H groups in total. The number of carbonyl (C=O) groups excluding carboxylic acids is 2. The smallest absolute Gasteiger partial charge is 0.475 e. The van der Waals surface area contributed by atoms with Crippen molar-refractivity contribution < 1.29 is 50.6 Å². The van der Waals surface area contributed by atoms with E-state index in [-0.39, 0.29) is 17.8 Å². The molecule has 0 saturated carbocycles. The lowest BCUT2D eigenvalue weighted by atomic mass is 10.1. The molecule has 0 radical (unpaired) electrons. The second-order valence-corrected chi connectivity index (χ2v) is 7.70. The number of rotatable bonds is 4. The lowest BCUT2D eigenvalue weighted by molar-refractivity contribution is -0.274. The fourth-order valence-electron chi connectivity index (χ4n) is 3.17. The van der Waals surface area contributed by atoms with Crippen molar-refractivity contribution in [2.45, 2.75) is 19.1 Å². The number of carboxylic acids is 1. The normalized spacial score (nSPS) is 13.1. The van der Waals surface area contributed by atoms with E-state index in [9.17, 15) is 35.9 Å². The largest absolute Gasteiger partial charge is 0.573 e. The number of Topliss-reactive ketones (excluding diaryl/α,β-unsaturated/α-hetero) is 1. The summed E-state index contributed by atoms with van der Waals surface area (Å²) < 4.78 is 72.8. The van der Waals surface area contributed by atoms with Gasteiger partial charge in [-0.05, 0) is 41.5 Å². The van der Waals surface area contributed by atoms with Gasteiger partial charge in [0, 0.05) is 11.8 Å². The highest BCUT2D eigenvalue weighted by atomic mass is 35.5. The highest BCUT2D eigenvalue weighted by molar-refractivity contribution is 6.52. The molecule has 194 valence electrons. The Labute approximate surface area is 208 Å². The van der Waals surface area contributed by atoms with Gasteiger partial charge in [-0.15, -0.1) is 13.2 Å². The monoisotopic (exact) mass is 546 g/mol. The Morgan fingerprint density at radius 3 is 2.05 bits per heavy atom. The van der Waals surface area contributed by atoms with Gasteiger partial charge in [0.1, 0.15) is 10.9 Å². The summed E-state index contributed by atoms with van der Waals surface area (Å²) in [6.45, 7) is 0.0934. The van der Waals surface area contributed by atoms with Crippen molar-refractivity contribution in [2.75, 3.05) is 4.90 Å². The molecule has 0 saturated heterocycles. The molecule has 0 aliphatic carbocycles. The fourth-order valence-corrected chi connectivity index (χ4v) is 3.28. The summed E-state index contributed by atoms with van der Waals surface area (Å²) >= 11 is 5.79. The van der Waals surface area contributed by atoms with Crippen molar-refractivity contribution in [2.24, 2.45) is 0 Å². The van der Waals surface area contributed by atoms with Gasteiger partial charge in [-0.1, -0.05) is 35.9 Å². The van der Waals surface area contributed by atoms with Gasteiger partial charge in [-0.3, -0.25) is 9.59 Å². The van der Waals surface area contributed by atoms with Crippen molar-refractivity contribution in [3.8, 4) is 16.9 Å². The van der Waals surface area contributed by atoms with Crippen molar-refractivity contribution in [1.29, 1.82) is 0 Å². The Morgan fingerprint density at radius 2 is 1.54 bits per heavy atom. The molecular formula is C23H13ClF6N2O5. The van der Waals surface area contributed by atoms with Gasteiger partial charge in [-0.2, -0.15) is 13.2 Å². The summed E-state index contributed by atoms with van der Waals surface area (Å²) in [6, 6.07) is 14.0. The minimum Gasteiger partial charge on any atom is -0.475 e. The predicted octanol–water partition coefficient (Wildman–Crippen LogP) is 5.66. The van der Waals surface area contributed by atoms with Gasteiger partial charge in [0.05, 0.1) is 17.8 Å². The highest BCUT2D eigenvalue weighted by Gasteiger charge is 2.39. The van der Waals surface area contributed by atoms with E-state index < -0.39 is 35.9 Å². The summed E-state index contributed by atoms with van der Waals surface area (Å²) in [5.74, 6) is -4.99. The molecule has 3 aromatic rings. The third-order valence-corrected chi connectivity index (χ3v) is 5.00. The van der Waals surface area contributed by atoms with Crippen LogP contribution in [0.3, 0.4) is 0 Å². The zero-order valence-electron chi connectivity index (χ0n) is 18.1. The Kier molecular flexibility index (Phi) is 7.77. The number of hydrogen-bond acceptors (Lipinski definition) is 5. The number of anilines is 1. The van der Waals surface area contributed by atoms with Gasteiger partial charge in [0.25, 0.3) is 11.7 Å². The molecule has 2 heterocycles. The predicted molar refractivity (Wildman–Crippen MR) is 117 cm³/mol. The van der Waals surface area contributed by atoms with E-state index in [0.29, 0.717) is 5.15 Å². The van der Waals surface area contributed by atoms with Gasteiger partial charge in [0.2, 0.25) is 0 Å². The number of hydrogen-bond donors (Lipinski definition) is 1. The molecule has 4 rings (SSSR count). The Balaban J connectivity index is 0.000000479. The number of carboxylic acid groups (broad SMARTS) is 1. The molecule has 0 spiro atoms. The van der Waals surface area contributed by atoms with Crippen LogP contribution < -0.4 is 9.64 Å². The zero-order valence-corrected chi connectivity index (χ0v) is 18.9. The number of benzene rings is 2. The molecule has 1 aliphatic heterocycles. The average molecular weight is 547 g/mol. The van der Waals surface area contributed by atoms with E-state index >= 15 is 0 Å². The topological polar surface area (TPSA) is 96.8 Å². The maximum atomic E-state index is 12.4. The molecule has 0 bridgehead atoms. The van der Waals surface area contributed by atoms with E-state index in [2.05, 4.69) is 9.72 Å². The molecule has 37 heavy (non-hydrogen) atoms. The summed E-state index contributed by atoms with van der Waals surface area (Å²) in [6.07, 6.45) is -8.34. The minimum absolute atomic E-state index is 0.0934. The molecule has 0 atom stereocenters. The molecule has 1 aromatic heterocycles. The number of fused-ring (bicyclic) bond motifs is 1. The van der Waals surface area contributed by atoms with E-state index in [0.717, 1.165) is 28.8 Å². The SMILES string of the molecule is O=C(O)C(F)(F)F.O=C1C(=O)N(Cc2ccc(-c3ccc(Cl)nc3)cc2)c2ccc(OC(F)(F)F)cc21. The number of halogens is 7. The van der Waals surface area contributed by atoms with E-state index in [1.54, 1.807) is 24.4 Å². The number of nitrogens with zero attached hydrogens (tertiary/aromatic N) is 2. The van der Waals surface area contributed by atoms with Gasteiger partial charge >= 0.3 is 18.5 Å². The van der Waals surface area contributed by atoms with Crippen LogP contribution in [0.25, 0.3) is 11.1 Å². The van der Waals surface area contributed by atoms with Crippen LogP contribution in [0.15, 0.2) is 60.8 Å². The zero-order chi connectivity index (χ0) is 27.5.